The summed E-state index contributed by atoms with van der Waals surface area (Å²) in [5.41, 5.74) is 1.53. The van der Waals surface area contributed by atoms with Gasteiger partial charge >= 0.3 is 0 Å². The van der Waals surface area contributed by atoms with Crippen molar-refractivity contribution < 1.29 is 18.0 Å². The lowest BCUT2D eigenvalue weighted by molar-refractivity contribution is -0.113. The standard InChI is InChI=1S/C20H25N3O4S/c1-23(2)13-12-21-20(25)17-10-8-16(9-11-17)14-28(26,27)15-19(24)22-18-6-4-3-5-7-18/h3-11H,12-15H2,1-2H3,(H,21,25)(H,22,24). The quantitative estimate of drug-likeness (QED) is 0.662. The molecule has 0 fully saturated rings. The van der Waals surface area contributed by atoms with E-state index in [1.807, 2.05) is 19.0 Å². The molecule has 0 aliphatic heterocycles. The van der Waals surface area contributed by atoms with Gasteiger partial charge in [0.25, 0.3) is 5.91 Å². The number of rotatable bonds is 9. The van der Waals surface area contributed by atoms with Crippen LogP contribution in [0.25, 0.3) is 0 Å². The van der Waals surface area contributed by atoms with Gasteiger partial charge in [0.15, 0.2) is 9.84 Å². The Balaban J connectivity index is 1.89. The third-order valence-electron chi connectivity index (χ3n) is 3.86. The molecule has 0 unspecified atom stereocenters. The van der Waals surface area contributed by atoms with E-state index in [4.69, 9.17) is 0 Å². The topological polar surface area (TPSA) is 95.6 Å². The number of para-hydroxylation sites is 1. The lowest BCUT2D eigenvalue weighted by atomic mass is 10.1. The van der Waals surface area contributed by atoms with Crippen molar-refractivity contribution in [1.29, 1.82) is 0 Å². The van der Waals surface area contributed by atoms with Gasteiger partial charge in [0.05, 0.1) is 5.75 Å². The molecule has 7 nitrogen and oxygen atoms in total. The van der Waals surface area contributed by atoms with Crippen LogP contribution in [0.4, 0.5) is 5.69 Å². The van der Waals surface area contributed by atoms with Crippen molar-refractivity contribution in [2.24, 2.45) is 0 Å². The maximum Gasteiger partial charge on any atom is 0.251 e. The lowest BCUT2D eigenvalue weighted by Crippen LogP contribution is -2.31. The van der Waals surface area contributed by atoms with Crippen LogP contribution in [-0.2, 0) is 20.4 Å². The Morgan fingerprint density at radius 3 is 2.21 bits per heavy atom. The van der Waals surface area contributed by atoms with Gasteiger partial charge in [-0.05, 0) is 43.9 Å². The van der Waals surface area contributed by atoms with Gasteiger partial charge in [0.2, 0.25) is 5.91 Å². The van der Waals surface area contributed by atoms with E-state index in [1.165, 1.54) is 0 Å². The highest BCUT2D eigenvalue weighted by Gasteiger charge is 2.18. The first-order chi connectivity index (χ1) is 13.2. The number of hydrogen-bond donors (Lipinski definition) is 2. The second kappa shape index (κ2) is 10.0. The average molecular weight is 404 g/mol. The molecule has 0 aliphatic carbocycles. The normalized spacial score (nSPS) is 11.2. The number of carbonyl (C=O) groups excluding carboxylic acids is 2. The number of sulfone groups is 1. The van der Waals surface area contributed by atoms with Crippen molar-refractivity contribution >= 4 is 27.3 Å². The molecular weight excluding hydrogens is 378 g/mol. The predicted molar refractivity (Wildman–Crippen MR) is 110 cm³/mol. The van der Waals surface area contributed by atoms with Crippen LogP contribution in [0.15, 0.2) is 54.6 Å². The summed E-state index contributed by atoms with van der Waals surface area (Å²) in [5, 5.41) is 5.36. The van der Waals surface area contributed by atoms with Crippen molar-refractivity contribution in [3.05, 3.63) is 65.7 Å². The van der Waals surface area contributed by atoms with E-state index in [2.05, 4.69) is 10.6 Å². The highest BCUT2D eigenvalue weighted by atomic mass is 32.2. The third kappa shape index (κ3) is 7.50. The largest absolute Gasteiger partial charge is 0.351 e. The minimum absolute atomic E-state index is 0.210. The summed E-state index contributed by atoms with van der Waals surface area (Å²) in [6.45, 7) is 1.26. The summed E-state index contributed by atoms with van der Waals surface area (Å²) in [7, 11) is 0.207. The zero-order chi connectivity index (χ0) is 20.6. The predicted octanol–water partition coefficient (Wildman–Crippen LogP) is 1.53. The first kappa shape index (κ1) is 21.6. The van der Waals surface area contributed by atoms with Crippen molar-refractivity contribution in [3.8, 4) is 0 Å². The molecule has 2 aromatic rings. The second-order valence-electron chi connectivity index (χ2n) is 6.70. The van der Waals surface area contributed by atoms with Crippen molar-refractivity contribution in [3.63, 3.8) is 0 Å². The number of likely N-dealkylation sites (N-methyl/N-ethyl adjacent to an activating group) is 1. The number of amides is 2. The SMILES string of the molecule is CN(C)CCNC(=O)c1ccc(CS(=O)(=O)CC(=O)Nc2ccccc2)cc1. The highest BCUT2D eigenvalue weighted by molar-refractivity contribution is 7.91. The molecule has 28 heavy (non-hydrogen) atoms. The van der Waals surface area contributed by atoms with Crippen LogP contribution in [0.3, 0.4) is 0 Å². The van der Waals surface area contributed by atoms with Crippen LogP contribution >= 0.6 is 0 Å². The maximum absolute atomic E-state index is 12.3. The molecule has 0 radical (unpaired) electrons. The average Bonchev–Trinajstić information content (AvgIpc) is 2.61. The Labute approximate surface area is 165 Å². The first-order valence-corrected chi connectivity index (χ1v) is 10.6. The summed E-state index contributed by atoms with van der Waals surface area (Å²) in [6, 6.07) is 15.0. The fraction of sp³-hybridized carbons (Fsp3) is 0.300. The molecule has 0 saturated carbocycles. The molecule has 0 aromatic heterocycles. The van der Waals surface area contributed by atoms with Crippen LogP contribution in [0.2, 0.25) is 0 Å². The number of hydrogen-bond acceptors (Lipinski definition) is 5. The van der Waals surface area contributed by atoms with Gasteiger partial charge in [0, 0.05) is 24.3 Å². The van der Waals surface area contributed by atoms with Gasteiger partial charge in [-0.1, -0.05) is 30.3 Å². The molecule has 0 bridgehead atoms. The Bertz CT molecular complexity index is 895. The highest BCUT2D eigenvalue weighted by Crippen LogP contribution is 2.11. The van der Waals surface area contributed by atoms with Crippen LogP contribution in [-0.4, -0.2) is 58.1 Å². The first-order valence-electron chi connectivity index (χ1n) is 8.82. The van der Waals surface area contributed by atoms with Gasteiger partial charge in [0.1, 0.15) is 5.75 Å². The molecule has 8 heteroatoms. The van der Waals surface area contributed by atoms with E-state index >= 15 is 0 Å². The molecule has 0 saturated heterocycles. The van der Waals surface area contributed by atoms with Crippen LogP contribution in [0, 0.1) is 0 Å². The minimum Gasteiger partial charge on any atom is -0.351 e. The second-order valence-corrected chi connectivity index (χ2v) is 8.77. The zero-order valence-corrected chi connectivity index (χ0v) is 16.8. The summed E-state index contributed by atoms with van der Waals surface area (Å²) in [5.74, 6) is -1.66. The fourth-order valence-electron chi connectivity index (χ4n) is 2.47. The number of nitrogens with zero attached hydrogens (tertiary/aromatic N) is 1. The van der Waals surface area contributed by atoms with E-state index < -0.39 is 21.5 Å². The van der Waals surface area contributed by atoms with Gasteiger partial charge in [-0.15, -0.1) is 0 Å². The number of nitrogens with one attached hydrogen (secondary N) is 2. The molecule has 0 aliphatic rings. The van der Waals surface area contributed by atoms with Crippen molar-refractivity contribution in [2.75, 3.05) is 38.3 Å². The van der Waals surface area contributed by atoms with Crippen LogP contribution in [0.5, 0.6) is 0 Å². The van der Waals surface area contributed by atoms with Crippen LogP contribution in [0.1, 0.15) is 15.9 Å². The molecule has 2 rings (SSSR count). The fourth-order valence-corrected chi connectivity index (χ4v) is 3.74. The van der Waals surface area contributed by atoms with E-state index in [1.54, 1.807) is 54.6 Å². The third-order valence-corrected chi connectivity index (χ3v) is 5.33. The molecule has 2 N–H and O–H groups in total. The van der Waals surface area contributed by atoms with Crippen molar-refractivity contribution in [1.82, 2.24) is 10.2 Å². The number of carbonyl (C=O) groups is 2. The van der Waals surface area contributed by atoms with E-state index in [0.717, 1.165) is 6.54 Å². The van der Waals surface area contributed by atoms with Gasteiger partial charge in [-0.2, -0.15) is 0 Å². The molecule has 0 atom stereocenters. The monoisotopic (exact) mass is 403 g/mol. The Kier molecular flexibility index (Phi) is 7.71. The zero-order valence-electron chi connectivity index (χ0n) is 16.0. The Morgan fingerprint density at radius 2 is 1.61 bits per heavy atom. The van der Waals surface area contributed by atoms with Crippen molar-refractivity contribution in [2.45, 2.75) is 5.75 Å². The molecule has 0 spiro atoms. The van der Waals surface area contributed by atoms with E-state index in [-0.39, 0.29) is 11.7 Å². The lowest BCUT2D eigenvalue weighted by Gasteiger charge is -2.10. The maximum atomic E-state index is 12.3. The molecular formula is C20H25N3O4S. The minimum atomic E-state index is -3.63. The van der Waals surface area contributed by atoms with Crippen LogP contribution < -0.4 is 10.6 Å². The molecule has 2 aromatic carbocycles. The Morgan fingerprint density at radius 1 is 0.964 bits per heavy atom. The molecule has 150 valence electrons. The smallest absolute Gasteiger partial charge is 0.251 e. The summed E-state index contributed by atoms with van der Waals surface area (Å²) >= 11 is 0. The summed E-state index contributed by atoms with van der Waals surface area (Å²) in [6.07, 6.45) is 0. The molecule has 2 amide bonds. The van der Waals surface area contributed by atoms with E-state index in [0.29, 0.717) is 23.4 Å². The van der Waals surface area contributed by atoms with E-state index in [9.17, 15) is 18.0 Å². The van der Waals surface area contributed by atoms with Gasteiger partial charge in [-0.3, -0.25) is 9.59 Å². The summed E-state index contributed by atoms with van der Waals surface area (Å²) in [4.78, 5) is 26.0. The van der Waals surface area contributed by atoms with Gasteiger partial charge in [-0.25, -0.2) is 8.42 Å². The Hall–Kier alpha value is -2.71. The molecule has 0 heterocycles. The number of anilines is 1. The van der Waals surface area contributed by atoms with Gasteiger partial charge < -0.3 is 15.5 Å². The number of benzene rings is 2. The summed E-state index contributed by atoms with van der Waals surface area (Å²) < 4.78 is 24.6.